The maximum Gasteiger partial charge on any atom is 0.0480 e. The molecule has 20 heavy (non-hydrogen) atoms. The highest BCUT2D eigenvalue weighted by Gasteiger charge is 2.17. The Hall–Kier alpha value is -0.860. The Bertz CT molecular complexity index is 396. The van der Waals surface area contributed by atoms with Gasteiger partial charge in [-0.1, -0.05) is 45.0 Å². The van der Waals surface area contributed by atoms with Gasteiger partial charge in [0.25, 0.3) is 0 Å². The molecule has 1 saturated heterocycles. The maximum atomic E-state index is 5.53. The Morgan fingerprint density at radius 2 is 1.80 bits per heavy atom. The Morgan fingerprint density at radius 3 is 2.45 bits per heavy atom. The van der Waals surface area contributed by atoms with Crippen LogP contribution in [0.5, 0.6) is 0 Å². The average molecular weight is 275 g/mol. The molecular weight excluding hydrogens is 246 g/mol. The molecule has 1 aromatic rings. The SMILES string of the molecule is CC(NC1CCCOCC1)c1ccc(C(C)(C)C)cc1. The molecule has 0 amide bonds. The lowest BCUT2D eigenvalue weighted by atomic mass is 9.86. The third kappa shape index (κ3) is 4.32. The topological polar surface area (TPSA) is 21.3 Å². The van der Waals surface area contributed by atoms with Crippen molar-refractivity contribution in [3.63, 3.8) is 0 Å². The molecule has 112 valence electrons. The van der Waals surface area contributed by atoms with Gasteiger partial charge in [-0.3, -0.25) is 0 Å². The first-order valence-electron chi connectivity index (χ1n) is 7.91. The zero-order valence-electron chi connectivity index (χ0n) is 13.4. The highest BCUT2D eigenvalue weighted by molar-refractivity contribution is 5.29. The second kappa shape index (κ2) is 6.73. The second-order valence-electron chi connectivity index (χ2n) is 7.00. The van der Waals surface area contributed by atoms with Crippen LogP contribution in [0.3, 0.4) is 0 Å². The van der Waals surface area contributed by atoms with Crippen molar-refractivity contribution in [3.05, 3.63) is 35.4 Å². The minimum atomic E-state index is 0.230. The molecule has 2 rings (SSSR count). The van der Waals surface area contributed by atoms with E-state index in [0.29, 0.717) is 12.1 Å². The minimum absolute atomic E-state index is 0.230. The highest BCUT2D eigenvalue weighted by Crippen LogP contribution is 2.24. The van der Waals surface area contributed by atoms with Crippen molar-refractivity contribution in [2.24, 2.45) is 0 Å². The maximum absolute atomic E-state index is 5.53. The standard InChI is InChI=1S/C18H29NO/c1-14(19-17-6-5-12-20-13-11-17)15-7-9-16(10-8-15)18(2,3)4/h7-10,14,17,19H,5-6,11-13H2,1-4H3. The summed E-state index contributed by atoms with van der Waals surface area (Å²) in [5.74, 6) is 0. The molecular formula is C18H29NO. The van der Waals surface area contributed by atoms with Crippen molar-refractivity contribution < 1.29 is 4.74 Å². The summed E-state index contributed by atoms with van der Waals surface area (Å²) in [6.07, 6.45) is 3.53. The Kier molecular flexibility index (Phi) is 5.22. The normalized spacial score (nSPS) is 22.3. The number of hydrogen-bond donors (Lipinski definition) is 1. The van der Waals surface area contributed by atoms with Gasteiger partial charge in [0.15, 0.2) is 0 Å². The Balaban J connectivity index is 1.96. The molecule has 1 N–H and O–H groups in total. The molecule has 1 fully saturated rings. The van der Waals surface area contributed by atoms with Crippen LogP contribution in [0.4, 0.5) is 0 Å². The van der Waals surface area contributed by atoms with E-state index in [1.54, 1.807) is 0 Å². The van der Waals surface area contributed by atoms with Crippen LogP contribution >= 0.6 is 0 Å². The number of hydrogen-bond acceptors (Lipinski definition) is 2. The summed E-state index contributed by atoms with van der Waals surface area (Å²) in [5.41, 5.74) is 3.01. The molecule has 2 heteroatoms. The van der Waals surface area contributed by atoms with Crippen LogP contribution in [0.15, 0.2) is 24.3 Å². The average Bonchev–Trinajstić information content (AvgIpc) is 2.66. The molecule has 2 atom stereocenters. The van der Waals surface area contributed by atoms with Gasteiger partial charge in [0.1, 0.15) is 0 Å². The van der Waals surface area contributed by atoms with Crippen molar-refractivity contribution in [3.8, 4) is 0 Å². The number of benzene rings is 1. The lowest BCUT2D eigenvalue weighted by Crippen LogP contribution is -2.31. The number of rotatable bonds is 3. The summed E-state index contributed by atoms with van der Waals surface area (Å²) in [4.78, 5) is 0. The van der Waals surface area contributed by atoms with Crippen molar-refractivity contribution in [1.29, 1.82) is 0 Å². The Morgan fingerprint density at radius 1 is 1.10 bits per heavy atom. The number of ether oxygens (including phenoxy) is 1. The van der Waals surface area contributed by atoms with Gasteiger partial charge < -0.3 is 10.1 Å². The van der Waals surface area contributed by atoms with Crippen molar-refractivity contribution in [1.82, 2.24) is 5.32 Å². The summed E-state index contributed by atoms with van der Waals surface area (Å²) in [6, 6.07) is 10.1. The largest absolute Gasteiger partial charge is 0.381 e. The first-order chi connectivity index (χ1) is 9.47. The summed E-state index contributed by atoms with van der Waals surface area (Å²) in [6.45, 7) is 10.9. The summed E-state index contributed by atoms with van der Waals surface area (Å²) >= 11 is 0. The summed E-state index contributed by atoms with van der Waals surface area (Å²) in [7, 11) is 0. The van der Waals surface area contributed by atoms with Gasteiger partial charge in [0.2, 0.25) is 0 Å². The smallest absolute Gasteiger partial charge is 0.0480 e. The van der Waals surface area contributed by atoms with E-state index in [4.69, 9.17) is 4.74 Å². The van der Waals surface area contributed by atoms with Gasteiger partial charge in [-0.25, -0.2) is 0 Å². The van der Waals surface area contributed by atoms with Gasteiger partial charge in [-0.05, 0) is 42.7 Å². The highest BCUT2D eigenvalue weighted by atomic mass is 16.5. The minimum Gasteiger partial charge on any atom is -0.381 e. The van der Waals surface area contributed by atoms with Crippen LogP contribution in [0.1, 0.15) is 64.1 Å². The predicted octanol–water partition coefficient (Wildman–Crippen LogP) is 4.20. The zero-order chi connectivity index (χ0) is 14.6. The monoisotopic (exact) mass is 275 g/mol. The van der Waals surface area contributed by atoms with Crippen molar-refractivity contribution >= 4 is 0 Å². The van der Waals surface area contributed by atoms with Crippen LogP contribution in [0, 0.1) is 0 Å². The Labute approximate surface area is 123 Å². The van der Waals surface area contributed by atoms with E-state index in [1.165, 1.54) is 24.0 Å². The predicted molar refractivity (Wildman–Crippen MR) is 85.2 cm³/mol. The molecule has 0 aliphatic carbocycles. The van der Waals surface area contributed by atoms with E-state index in [1.807, 2.05) is 0 Å². The van der Waals surface area contributed by atoms with Gasteiger partial charge in [-0.15, -0.1) is 0 Å². The van der Waals surface area contributed by atoms with E-state index < -0.39 is 0 Å². The fourth-order valence-corrected chi connectivity index (χ4v) is 2.79. The molecule has 1 heterocycles. The zero-order valence-corrected chi connectivity index (χ0v) is 13.4. The molecule has 1 aliphatic heterocycles. The molecule has 1 aromatic carbocycles. The number of nitrogens with one attached hydrogen (secondary N) is 1. The first-order valence-corrected chi connectivity index (χ1v) is 7.91. The van der Waals surface area contributed by atoms with Crippen molar-refractivity contribution in [2.75, 3.05) is 13.2 Å². The van der Waals surface area contributed by atoms with E-state index >= 15 is 0 Å². The van der Waals surface area contributed by atoms with Crippen LogP contribution < -0.4 is 5.32 Å². The summed E-state index contributed by atoms with van der Waals surface area (Å²) in [5, 5.41) is 3.75. The molecule has 0 saturated carbocycles. The lowest BCUT2D eigenvalue weighted by Gasteiger charge is -2.23. The summed E-state index contributed by atoms with van der Waals surface area (Å²) < 4.78 is 5.53. The quantitative estimate of drug-likeness (QED) is 0.892. The molecule has 2 unspecified atom stereocenters. The first kappa shape index (κ1) is 15.5. The van der Waals surface area contributed by atoms with E-state index in [9.17, 15) is 0 Å². The van der Waals surface area contributed by atoms with Gasteiger partial charge >= 0.3 is 0 Å². The van der Waals surface area contributed by atoms with Crippen LogP contribution in [0.25, 0.3) is 0 Å². The molecule has 1 aliphatic rings. The van der Waals surface area contributed by atoms with E-state index in [-0.39, 0.29) is 5.41 Å². The van der Waals surface area contributed by atoms with Crippen LogP contribution in [0.2, 0.25) is 0 Å². The van der Waals surface area contributed by atoms with Gasteiger partial charge in [0.05, 0.1) is 0 Å². The van der Waals surface area contributed by atoms with Gasteiger partial charge in [-0.2, -0.15) is 0 Å². The van der Waals surface area contributed by atoms with Gasteiger partial charge in [0, 0.05) is 25.3 Å². The molecule has 2 nitrogen and oxygen atoms in total. The molecule has 0 spiro atoms. The lowest BCUT2D eigenvalue weighted by molar-refractivity contribution is 0.142. The third-order valence-corrected chi connectivity index (χ3v) is 4.21. The van der Waals surface area contributed by atoms with Crippen LogP contribution in [-0.4, -0.2) is 19.3 Å². The molecule has 0 bridgehead atoms. The van der Waals surface area contributed by atoms with Crippen LogP contribution in [-0.2, 0) is 10.2 Å². The second-order valence-corrected chi connectivity index (χ2v) is 7.00. The van der Waals surface area contributed by atoms with E-state index in [2.05, 4.69) is 57.3 Å². The third-order valence-electron chi connectivity index (χ3n) is 4.21. The van der Waals surface area contributed by atoms with Crippen molar-refractivity contribution in [2.45, 2.75) is 64.5 Å². The molecule has 0 aromatic heterocycles. The molecule has 0 radical (unpaired) electrons. The fourth-order valence-electron chi connectivity index (χ4n) is 2.79. The fraction of sp³-hybridized carbons (Fsp3) is 0.667. The van der Waals surface area contributed by atoms with E-state index in [0.717, 1.165) is 19.6 Å².